The maximum atomic E-state index is 13.2. The summed E-state index contributed by atoms with van der Waals surface area (Å²) in [6, 6.07) is 19.1. The summed E-state index contributed by atoms with van der Waals surface area (Å²) in [7, 11) is 0. The quantitative estimate of drug-likeness (QED) is 0.0664. The number of aliphatic hydroxyl groups excluding tert-OH is 1. The van der Waals surface area contributed by atoms with Gasteiger partial charge in [0, 0.05) is 0 Å². The molecule has 12 aliphatic carbocycles. The fourth-order valence-electron chi connectivity index (χ4n) is 30.6. The van der Waals surface area contributed by atoms with Crippen molar-refractivity contribution < 1.29 is 74.5 Å². The van der Waals surface area contributed by atoms with Gasteiger partial charge in [0.05, 0.1) is 34.0 Å². The van der Waals surface area contributed by atoms with E-state index in [2.05, 4.69) is 125 Å². The Bertz CT molecular complexity index is 3130. The maximum absolute atomic E-state index is 13.2. The van der Waals surface area contributed by atoms with Crippen molar-refractivity contribution in [1.29, 1.82) is 0 Å². The summed E-state index contributed by atoms with van der Waals surface area (Å²) < 4.78 is 12.7. The standard InChI is InChI=1S/2C36H56O3.C29H52O2.CH4.Na.H2O/c2*1-7-36(38)22-21-34(5)27(23-36)14-15-28-30-17-16-29(35(30,6)20-19-31(28)34)25(4)32(18-13-24(2)3)39-33(37)26-11-9-8-10-12-26;1-7-29(31)17-16-27(5)21(18-29)9-10-22-24-12-11-23(28(24,6)15-14-25(22)27)20(4)26(30)13-8-19(2)3;;;/h2*8-12,24-25,27-32,38H,7,13-23H2,1-6H3;19-26,30-31H,7-18H2,1-6H3;1H4;;1H2/q;;;;+1;/p-1/t25-,27+,28-,29+,30-,31-,32+,34-,35+,36-;25-,27+,28-,29+,30-,31-,32-,34-,35+,36-;20-,21+,22-,23+,24-,25-,26-,27-,28+,29-;;;/m000.../s1. The minimum atomic E-state index is -0.420. The second-order valence-corrected chi connectivity index (χ2v) is 44.2. The van der Waals surface area contributed by atoms with Crippen LogP contribution in [-0.4, -0.2) is 73.0 Å². The number of carbonyl (C=O) groups is 2. The van der Waals surface area contributed by atoms with Crippen LogP contribution >= 0.6 is 0 Å². The third-order valence-electron chi connectivity index (χ3n) is 38.0. The predicted molar refractivity (Wildman–Crippen MR) is 457 cm³/mol. The number of fused-ring (bicyclic) bond motifs is 15. The Hall–Kier alpha value is -1.82. The molecule has 2 aromatic rings. The van der Waals surface area contributed by atoms with Crippen molar-refractivity contribution in [3.63, 3.8) is 0 Å². The number of benzene rings is 2. The van der Waals surface area contributed by atoms with Crippen molar-refractivity contribution in [3.8, 4) is 0 Å². The number of ether oxygens (including phenoxy) is 2. The molecule has 10 heteroatoms. The number of aliphatic hydroxyl groups is 4. The van der Waals surface area contributed by atoms with Gasteiger partial charge in [-0.3, -0.25) is 0 Å². The van der Waals surface area contributed by atoms with E-state index in [0.29, 0.717) is 109 Å². The average molecular weight is 1560 g/mol. The third-order valence-corrected chi connectivity index (χ3v) is 38.0. The molecule has 0 saturated heterocycles. The summed E-state index contributed by atoms with van der Waals surface area (Å²) in [5.74, 6) is 14.3. The monoisotopic (exact) mass is 1560 g/mol. The van der Waals surface area contributed by atoms with Gasteiger partial charge in [-0.15, -0.1) is 0 Å². The van der Waals surface area contributed by atoms with Crippen molar-refractivity contribution in [3.05, 3.63) is 71.8 Å². The first kappa shape index (κ1) is 94.0. The van der Waals surface area contributed by atoms with E-state index < -0.39 is 11.2 Å². The molecule has 0 spiro atoms. The molecule has 30 atom stereocenters. The fourth-order valence-corrected chi connectivity index (χ4v) is 30.6. The SMILES string of the molecule is C.CC[C@]1(O)CC[C@@]2(C)[C@H](CC[C@@H]3[C@@H]2CC[C@]2(C)[C@@H]([C@H](C)[C@@H](CCC(C)C)OC(=O)c4ccccc4)CC[C@@H]32)C1.CC[C@]1(O)CC[C@@]2(C)[C@H](CC[C@@H]3[C@@H]2CC[C@]2(C)[C@@H]([C@H](C)[C@@H](O)CCC(C)C)CC[C@@H]32)C1.CC[C@]1(O)CC[C@@]2(C)[C@H](CC[C@@H]3[C@@H]2CC[C@]2(C)[C@@H]([C@H](C)[C@H](CCC(C)C)OC(=O)c4ccccc4)CC[C@@H]32)C1.[Na+].[OH-]. The topological polar surface area (TPSA) is 164 Å². The van der Waals surface area contributed by atoms with E-state index in [1.165, 1.54) is 135 Å². The molecule has 0 heterocycles. The van der Waals surface area contributed by atoms with Crippen LogP contribution < -0.4 is 29.6 Å². The van der Waals surface area contributed by atoms with Gasteiger partial charge in [-0.25, -0.2) is 9.59 Å². The third kappa shape index (κ3) is 18.6. The summed E-state index contributed by atoms with van der Waals surface area (Å²) >= 11 is 0. The molecule has 12 saturated carbocycles. The summed E-state index contributed by atoms with van der Waals surface area (Å²) in [6.45, 7) is 43.0. The Morgan fingerprint density at radius 2 is 0.643 bits per heavy atom. The molecular formula is C102H169NaO9. The Kier molecular flexibility index (Phi) is 31.6. The van der Waals surface area contributed by atoms with Crippen LogP contribution in [0.4, 0.5) is 0 Å². The van der Waals surface area contributed by atoms with Gasteiger partial charge in [-0.2, -0.15) is 0 Å². The van der Waals surface area contributed by atoms with Crippen molar-refractivity contribution in [1.82, 2.24) is 0 Å². The van der Waals surface area contributed by atoms with Crippen LogP contribution in [0.5, 0.6) is 0 Å². The largest absolute Gasteiger partial charge is 1.00 e. The molecule has 0 aliphatic heterocycles. The molecule has 2 aromatic carbocycles. The van der Waals surface area contributed by atoms with Crippen molar-refractivity contribution in [2.45, 2.75) is 398 Å². The summed E-state index contributed by atoms with van der Waals surface area (Å²) in [5, 5.41) is 44.3. The molecule has 0 unspecified atom stereocenters. The predicted octanol–water partition coefficient (Wildman–Crippen LogP) is 22.9. The first-order chi connectivity index (χ1) is 51.5. The Labute approximate surface area is 708 Å². The summed E-state index contributed by atoms with van der Waals surface area (Å²) in [5.41, 5.74) is 2.49. The molecule has 12 aliphatic rings. The number of hydrogen-bond acceptors (Lipinski definition) is 9. The average Bonchev–Trinajstić information content (AvgIpc) is 1.49. The Morgan fingerprint density at radius 3 is 0.929 bits per heavy atom. The van der Waals surface area contributed by atoms with Gasteiger partial charge in [0.15, 0.2) is 0 Å². The Morgan fingerprint density at radius 1 is 0.366 bits per heavy atom. The number of hydrogen-bond donors (Lipinski definition) is 4. The minimum Gasteiger partial charge on any atom is -0.870 e. The molecule has 5 N–H and O–H groups in total. The summed E-state index contributed by atoms with van der Waals surface area (Å²) in [6.07, 6.45) is 42.6. The van der Waals surface area contributed by atoms with Crippen LogP contribution in [0.2, 0.25) is 0 Å². The molecular weight excluding hydrogens is 1390 g/mol. The van der Waals surface area contributed by atoms with Crippen molar-refractivity contribution in [2.75, 3.05) is 0 Å². The molecule has 14 rings (SSSR count). The van der Waals surface area contributed by atoms with E-state index in [9.17, 15) is 30.0 Å². The van der Waals surface area contributed by atoms with Crippen LogP contribution in [-0.2, 0) is 9.47 Å². The van der Waals surface area contributed by atoms with Crippen molar-refractivity contribution >= 4 is 11.9 Å². The fraction of sp³-hybridized carbons (Fsp3) is 0.863. The van der Waals surface area contributed by atoms with E-state index in [1.54, 1.807) is 0 Å². The molecule has 0 bridgehead atoms. The van der Waals surface area contributed by atoms with E-state index in [4.69, 9.17) is 9.47 Å². The van der Waals surface area contributed by atoms with Gasteiger partial charge in [-0.05, 0) is 412 Å². The van der Waals surface area contributed by atoms with Crippen LogP contribution in [0.15, 0.2) is 60.7 Å². The van der Waals surface area contributed by atoms with E-state index in [0.717, 1.165) is 155 Å². The van der Waals surface area contributed by atoms with E-state index in [1.807, 2.05) is 60.7 Å². The molecule has 0 radical (unpaired) electrons. The normalized spacial score (nSPS) is 42.4. The minimum absolute atomic E-state index is 0. The van der Waals surface area contributed by atoms with Crippen molar-refractivity contribution in [2.24, 2.45) is 157 Å². The number of rotatable bonds is 22. The smallest absolute Gasteiger partial charge is 0.870 e. The molecule has 112 heavy (non-hydrogen) atoms. The van der Waals surface area contributed by atoms with E-state index in [-0.39, 0.29) is 78.3 Å². The van der Waals surface area contributed by atoms with Gasteiger partial charge in [0.1, 0.15) is 12.2 Å². The molecule has 0 amide bonds. The molecule has 632 valence electrons. The maximum Gasteiger partial charge on any atom is 1.00 e. The van der Waals surface area contributed by atoms with Gasteiger partial charge >= 0.3 is 41.5 Å². The van der Waals surface area contributed by atoms with E-state index >= 15 is 0 Å². The van der Waals surface area contributed by atoms with Crippen LogP contribution in [0.3, 0.4) is 0 Å². The van der Waals surface area contributed by atoms with Crippen LogP contribution in [0.1, 0.15) is 384 Å². The zero-order valence-corrected chi connectivity index (χ0v) is 76.5. The Balaban J connectivity index is 0.000000192. The van der Waals surface area contributed by atoms with Gasteiger partial charge in [-0.1, -0.05) is 168 Å². The van der Waals surface area contributed by atoms with Crippen LogP contribution in [0, 0.1) is 157 Å². The molecule has 0 aromatic heterocycles. The molecule has 12 fully saturated rings. The first-order valence-electron chi connectivity index (χ1n) is 46.9. The number of carbonyl (C=O) groups excluding carboxylic acids is 2. The second-order valence-electron chi connectivity index (χ2n) is 44.2. The van der Waals surface area contributed by atoms with Crippen LogP contribution in [0.25, 0.3) is 0 Å². The van der Waals surface area contributed by atoms with Gasteiger partial charge < -0.3 is 35.4 Å². The van der Waals surface area contributed by atoms with Gasteiger partial charge in [0.2, 0.25) is 0 Å². The number of esters is 2. The second kappa shape index (κ2) is 37.7. The molecule has 9 nitrogen and oxygen atoms in total. The zero-order valence-electron chi connectivity index (χ0n) is 74.5. The first-order valence-corrected chi connectivity index (χ1v) is 46.9. The zero-order chi connectivity index (χ0) is 78.6. The summed E-state index contributed by atoms with van der Waals surface area (Å²) in [4.78, 5) is 26.3. The van der Waals surface area contributed by atoms with Gasteiger partial charge in [0.25, 0.3) is 0 Å².